The molecule has 3 saturated carbocycles. The molecule has 10 nitrogen and oxygen atoms in total. The maximum Gasteiger partial charge on any atom is 0.227 e. The number of amides is 1. The van der Waals surface area contributed by atoms with E-state index in [-0.39, 0.29) is 54.1 Å². The van der Waals surface area contributed by atoms with Crippen molar-refractivity contribution in [2.75, 3.05) is 18.1 Å². The highest BCUT2D eigenvalue weighted by molar-refractivity contribution is 5.98. The van der Waals surface area contributed by atoms with Gasteiger partial charge in [-0.3, -0.25) is 9.59 Å². The van der Waals surface area contributed by atoms with Crippen molar-refractivity contribution in [3.63, 3.8) is 0 Å². The minimum atomic E-state index is -1.47. The number of phenolic OH excluding ortho intramolecular Hbond substituents is 1. The van der Waals surface area contributed by atoms with Crippen LogP contribution in [-0.4, -0.2) is 91.1 Å². The number of aliphatic hydroxyl groups is 5. The number of benzene rings is 1. The van der Waals surface area contributed by atoms with Crippen LogP contribution < -0.4 is 4.90 Å². The quantitative estimate of drug-likeness (QED) is 0.210. The first kappa shape index (κ1) is 36.0. The molecule has 10 heteroatoms. The van der Waals surface area contributed by atoms with Crippen molar-refractivity contribution in [3.05, 3.63) is 35.4 Å². The normalized spacial score (nSPS) is 42.9. The number of aromatic hydroxyl groups is 1. The van der Waals surface area contributed by atoms with Crippen LogP contribution in [-0.2, 0) is 20.7 Å². The van der Waals surface area contributed by atoms with Gasteiger partial charge >= 0.3 is 0 Å². The number of ether oxygens (including phenoxy) is 1. The molecule has 1 aromatic carbocycles. The molecule has 6 N–H and O–H groups in total. The van der Waals surface area contributed by atoms with E-state index in [1.54, 1.807) is 23.1 Å². The fourth-order valence-electron chi connectivity index (χ4n) is 11.8. The smallest absolute Gasteiger partial charge is 0.227 e. The molecular weight excluding hydrogens is 638 g/mol. The molecule has 4 aliphatic carbocycles. The van der Waals surface area contributed by atoms with Gasteiger partial charge in [-0.25, -0.2) is 0 Å². The Morgan fingerprint density at radius 2 is 1.78 bits per heavy atom. The number of allylic oxidation sites excluding steroid dienone is 1. The molecule has 2 saturated heterocycles. The summed E-state index contributed by atoms with van der Waals surface area (Å²) in [6, 6.07) is 5.25. The van der Waals surface area contributed by atoms with Crippen LogP contribution in [0.25, 0.3) is 0 Å². The van der Waals surface area contributed by atoms with E-state index in [1.165, 1.54) is 0 Å². The third-order valence-corrected chi connectivity index (χ3v) is 15.1. The Morgan fingerprint density at radius 3 is 2.44 bits per heavy atom. The molecule has 1 aromatic rings. The second kappa shape index (κ2) is 12.1. The Bertz CT molecular complexity index is 1570. The van der Waals surface area contributed by atoms with E-state index in [0.29, 0.717) is 68.7 Å². The topological polar surface area (TPSA) is 171 Å². The van der Waals surface area contributed by atoms with Crippen molar-refractivity contribution in [2.45, 2.75) is 134 Å². The van der Waals surface area contributed by atoms with Crippen molar-refractivity contribution in [3.8, 4) is 5.75 Å². The maximum absolute atomic E-state index is 14.2. The second-order valence-corrected chi connectivity index (χ2v) is 17.7. The maximum atomic E-state index is 14.2. The van der Waals surface area contributed by atoms with E-state index in [2.05, 4.69) is 20.8 Å². The monoisotopic (exact) mass is 695 g/mol. The van der Waals surface area contributed by atoms with Gasteiger partial charge in [0.2, 0.25) is 5.91 Å². The zero-order chi connectivity index (χ0) is 36.2. The molecule has 2 heterocycles. The molecular formula is C40H57NO9. The molecule has 12 atom stereocenters. The summed E-state index contributed by atoms with van der Waals surface area (Å²) in [6.45, 7) is 10.3. The number of aliphatic hydroxyl groups excluding tert-OH is 3. The van der Waals surface area contributed by atoms with Crippen LogP contribution in [0.4, 0.5) is 5.69 Å². The van der Waals surface area contributed by atoms with Crippen LogP contribution in [0, 0.1) is 39.9 Å². The largest absolute Gasteiger partial charge is 0.508 e. The third-order valence-electron chi connectivity index (χ3n) is 15.1. The number of carbonyl (C=O) groups is 2. The zero-order valence-electron chi connectivity index (χ0n) is 30.3. The van der Waals surface area contributed by atoms with Crippen LogP contribution in [0.2, 0.25) is 0 Å². The first-order chi connectivity index (χ1) is 23.5. The number of hydrogen-bond donors (Lipinski definition) is 6. The highest BCUT2D eigenvalue weighted by Crippen LogP contribution is 2.72. The Hall–Kier alpha value is -2.34. The number of hydrogen-bond acceptors (Lipinski definition) is 9. The molecule has 0 aromatic heterocycles. The molecule has 5 fully saturated rings. The molecule has 0 bridgehead atoms. The molecule has 0 spiro atoms. The third kappa shape index (κ3) is 5.02. The molecule has 7 rings (SSSR count). The van der Waals surface area contributed by atoms with Gasteiger partial charge in [0.1, 0.15) is 11.9 Å². The number of phenols is 1. The number of anilines is 1. The van der Waals surface area contributed by atoms with Gasteiger partial charge < -0.3 is 40.3 Å². The van der Waals surface area contributed by atoms with Gasteiger partial charge in [0.15, 0.2) is 5.78 Å². The predicted molar refractivity (Wildman–Crippen MR) is 186 cm³/mol. The SMILES string of the molecule is CC(C)C(C)C1OC1C(C)(O)C1CCC2(O)C3=CC(=O)C4(CO)CC(O)C(O)CC4(C)C3CCC12CCc1cc(O)cc(N2CCCC2=O)c1. The van der Waals surface area contributed by atoms with Gasteiger partial charge in [-0.1, -0.05) is 27.7 Å². The van der Waals surface area contributed by atoms with Crippen molar-refractivity contribution in [1.29, 1.82) is 0 Å². The van der Waals surface area contributed by atoms with E-state index in [9.17, 15) is 40.2 Å². The summed E-state index contributed by atoms with van der Waals surface area (Å²) in [4.78, 5) is 28.5. The van der Waals surface area contributed by atoms with E-state index < -0.39 is 52.4 Å². The molecule has 1 amide bonds. The summed E-state index contributed by atoms with van der Waals surface area (Å²) in [7, 11) is 0. The average molecular weight is 696 g/mol. The van der Waals surface area contributed by atoms with Crippen molar-refractivity contribution in [1.82, 2.24) is 0 Å². The van der Waals surface area contributed by atoms with E-state index in [4.69, 9.17) is 4.74 Å². The van der Waals surface area contributed by atoms with E-state index in [0.717, 1.165) is 12.0 Å². The number of nitrogens with zero attached hydrogens (tertiary/aromatic N) is 1. The van der Waals surface area contributed by atoms with E-state index >= 15 is 0 Å². The summed E-state index contributed by atoms with van der Waals surface area (Å²) in [6.07, 6.45) is 3.04. The van der Waals surface area contributed by atoms with Crippen LogP contribution in [0.1, 0.15) is 98.0 Å². The van der Waals surface area contributed by atoms with E-state index in [1.807, 2.05) is 19.9 Å². The van der Waals surface area contributed by atoms with Gasteiger partial charge in [0, 0.05) is 30.1 Å². The van der Waals surface area contributed by atoms with Crippen LogP contribution in [0.5, 0.6) is 5.75 Å². The molecule has 276 valence electrons. The predicted octanol–water partition coefficient (Wildman–Crippen LogP) is 3.81. The van der Waals surface area contributed by atoms with Crippen LogP contribution >= 0.6 is 0 Å². The highest BCUT2D eigenvalue weighted by atomic mass is 16.6. The number of aryl methyl sites for hydroxylation is 1. The first-order valence-electron chi connectivity index (χ1n) is 18.9. The average Bonchev–Trinajstić information content (AvgIpc) is 3.66. The zero-order valence-corrected chi connectivity index (χ0v) is 30.3. The number of fused-ring (bicyclic) bond motifs is 5. The lowest BCUT2D eigenvalue weighted by Gasteiger charge is -2.64. The summed E-state index contributed by atoms with van der Waals surface area (Å²) in [5.74, 6) is -0.346. The lowest BCUT2D eigenvalue weighted by atomic mass is 9.40. The lowest BCUT2D eigenvalue weighted by molar-refractivity contribution is -0.195. The Balaban J connectivity index is 1.30. The van der Waals surface area contributed by atoms with Crippen LogP contribution in [0.15, 0.2) is 29.8 Å². The fraction of sp³-hybridized carbons (Fsp3) is 0.750. The van der Waals surface area contributed by atoms with Crippen molar-refractivity contribution >= 4 is 17.4 Å². The molecule has 6 aliphatic rings. The Labute approximate surface area is 295 Å². The molecule has 50 heavy (non-hydrogen) atoms. The number of carbonyl (C=O) groups excluding carboxylic acids is 2. The molecule has 12 unspecified atom stereocenters. The van der Waals surface area contributed by atoms with Crippen LogP contribution in [0.3, 0.4) is 0 Å². The second-order valence-electron chi connectivity index (χ2n) is 17.7. The summed E-state index contributed by atoms with van der Waals surface area (Å²) in [5, 5.41) is 69.0. The standard InChI is InChI=1S/C40H57NO9/c1-22(2)23(3)34-35(50-34)37(5,48)31-10-13-40(49)28-18-32(46)39(21-42)20-30(45)29(44)19-36(39,4)27(28)9-12-38(31,40)11-8-24-15-25(17-26(43)16-24)41-14-6-7-33(41)47/h15-18,22-23,27,29-31,34-35,42-45,48-49H,6-14,19-21H2,1-5H3. The lowest BCUT2D eigenvalue weighted by Crippen LogP contribution is -2.67. The highest BCUT2D eigenvalue weighted by Gasteiger charge is 2.74. The van der Waals surface area contributed by atoms with Gasteiger partial charge in [-0.05, 0) is 123 Å². The Kier molecular flexibility index (Phi) is 8.72. The van der Waals surface area contributed by atoms with Crippen molar-refractivity contribution < 1.29 is 45.0 Å². The molecule has 0 radical (unpaired) electrons. The summed E-state index contributed by atoms with van der Waals surface area (Å²) >= 11 is 0. The minimum Gasteiger partial charge on any atom is -0.508 e. The number of epoxide rings is 1. The number of rotatable bonds is 9. The number of ketones is 1. The van der Waals surface area contributed by atoms with Gasteiger partial charge in [-0.15, -0.1) is 0 Å². The summed E-state index contributed by atoms with van der Waals surface area (Å²) in [5.41, 5.74) is -3.69. The molecule has 2 aliphatic heterocycles. The van der Waals surface area contributed by atoms with Gasteiger partial charge in [0.25, 0.3) is 0 Å². The van der Waals surface area contributed by atoms with Gasteiger partial charge in [0.05, 0.1) is 41.5 Å². The minimum absolute atomic E-state index is 0.0241. The first-order valence-corrected chi connectivity index (χ1v) is 18.9. The van der Waals surface area contributed by atoms with Crippen molar-refractivity contribution in [2.24, 2.45) is 39.9 Å². The Morgan fingerprint density at radius 1 is 1.06 bits per heavy atom. The fourth-order valence-corrected chi connectivity index (χ4v) is 11.8. The van der Waals surface area contributed by atoms with Gasteiger partial charge in [-0.2, -0.15) is 0 Å². The summed E-state index contributed by atoms with van der Waals surface area (Å²) < 4.78 is 6.25.